The van der Waals surface area contributed by atoms with Crippen molar-refractivity contribution in [2.45, 2.75) is 12.0 Å². The molecule has 1 aromatic rings. The summed E-state index contributed by atoms with van der Waals surface area (Å²) in [5.74, 6) is 0. The molecule has 0 atom stereocenters. The van der Waals surface area contributed by atoms with Gasteiger partial charge in [-0.1, -0.05) is 18.2 Å². The minimum absolute atomic E-state index is 0.487. The van der Waals surface area contributed by atoms with E-state index in [0.29, 0.717) is 5.54 Å². The van der Waals surface area contributed by atoms with E-state index in [1.54, 1.807) is 0 Å². The van der Waals surface area contributed by atoms with Gasteiger partial charge in [-0.15, -0.1) is 0 Å². The van der Waals surface area contributed by atoms with Crippen LogP contribution in [0.5, 0.6) is 0 Å². The van der Waals surface area contributed by atoms with E-state index >= 15 is 0 Å². The lowest BCUT2D eigenvalue weighted by Crippen LogP contribution is -2.76. The standard InChI is InChI=1S/C11H14N2/c1-2-4-10(5-3-1)13-7-6-11(13)8-12-9-11/h1-5,12H,6-9H2. The number of hydrogen-bond acceptors (Lipinski definition) is 2. The molecule has 2 aliphatic heterocycles. The minimum atomic E-state index is 0.487. The molecular formula is C11H14N2. The third-order valence-electron chi connectivity index (χ3n) is 3.35. The van der Waals surface area contributed by atoms with Crippen molar-refractivity contribution in [2.75, 3.05) is 24.5 Å². The maximum atomic E-state index is 3.36. The van der Waals surface area contributed by atoms with Gasteiger partial charge in [0.1, 0.15) is 0 Å². The second-order valence-electron chi connectivity index (χ2n) is 4.07. The fraction of sp³-hybridized carbons (Fsp3) is 0.455. The molecule has 13 heavy (non-hydrogen) atoms. The van der Waals surface area contributed by atoms with Gasteiger partial charge in [0, 0.05) is 25.3 Å². The highest BCUT2D eigenvalue weighted by Crippen LogP contribution is 2.38. The number of rotatable bonds is 1. The molecule has 2 aliphatic rings. The molecule has 3 rings (SSSR count). The molecule has 0 aliphatic carbocycles. The first kappa shape index (κ1) is 7.39. The quantitative estimate of drug-likeness (QED) is 0.689. The third kappa shape index (κ3) is 0.923. The van der Waals surface area contributed by atoms with Crippen molar-refractivity contribution in [1.29, 1.82) is 0 Å². The predicted molar refractivity (Wildman–Crippen MR) is 54.0 cm³/mol. The highest BCUT2D eigenvalue weighted by atomic mass is 15.3. The van der Waals surface area contributed by atoms with Crippen LogP contribution >= 0.6 is 0 Å². The lowest BCUT2D eigenvalue weighted by Gasteiger charge is -2.60. The Labute approximate surface area is 78.6 Å². The van der Waals surface area contributed by atoms with Gasteiger partial charge in [-0.25, -0.2) is 0 Å². The Morgan fingerprint density at radius 1 is 1.15 bits per heavy atom. The SMILES string of the molecule is c1ccc(N2CCC23CNC3)cc1. The molecule has 0 bridgehead atoms. The molecule has 0 radical (unpaired) electrons. The van der Waals surface area contributed by atoms with Gasteiger partial charge < -0.3 is 10.2 Å². The summed E-state index contributed by atoms with van der Waals surface area (Å²) in [6.45, 7) is 3.56. The zero-order chi connectivity index (χ0) is 8.73. The average molecular weight is 174 g/mol. The van der Waals surface area contributed by atoms with Crippen LogP contribution in [-0.4, -0.2) is 25.2 Å². The number of hydrogen-bond donors (Lipinski definition) is 1. The van der Waals surface area contributed by atoms with Crippen molar-refractivity contribution >= 4 is 5.69 Å². The van der Waals surface area contributed by atoms with Gasteiger partial charge in [0.05, 0.1) is 5.54 Å². The van der Waals surface area contributed by atoms with Gasteiger partial charge in [0.25, 0.3) is 0 Å². The maximum Gasteiger partial charge on any atom is 0.0667 e. The normalized spacial score (nSPS) is 23.8. The van der Waals surface area contributed by atoms with Crippen LogP contribution in [0, 0.1) is 0 Å². The lowest BCUT2D eigenvalue weighted by atomic mass is 9.79. The second-order valence-corrected chi connectivity index (χ2v) is 4.07. The van der Waals surface area contributed by atoms with Gasteiger partial charge in [-0.3, -0.25) is 0 Å². The van der Waals surface area contributed by atoms with Crippen molar-refractivity contribution in [2.24, 2.45) is 0 Å². The van der Waals surface area contributed by atoms with Crippen molar-refractivity contribution in [3.05, 3.63) is 30.3 Å². The molecule has 1 N–H and O–H groups in total. The molecule has 0 unspecified atom stereocenters. The number of nitrogens with one attached hydrogen (secondary N) is 1. The highest BCUT2D eigenvalue weighted by Gasteiger charge is 2.49. The van der Waals surface area contributed by atoms with Gasteiger partial charge >= 0.3 is 0 Å². The summed E-state index contributed by atoms with van der Waals surface area (Å²) < 4.78 is 0. The molecule has 2 nitrogen and oxygen atoms in total. The smallest absolute Gasteiger partial charge is 0.0667 e. The Hall–Kier alpha value is -1.02. The number of nitrogens with zero attached hydrogens (tertiary/aromatic N) is 1. The van der Waals surface area contributed by atoms with Crippen LogP contribution in [0.1, 0.15) is 6.42 Å². The number of para-hydroxylation sites is 1. The molecule has 2 heterocycles. The Morgan fingerprint density at radius 3 is 2.38 bits per heavy atom. The van der Waals surface area contributed by atoms with E-state index in [0.717, 1.165) is 0 Å². The van der Waals surface area contributed by atoms with E-state index in [2.05, 4.69) is 40.5 Å². The Morgan fingerprint density at radius 2 is 1.92 bits per heavy atom. The summed E-state index contributed by atoms with van der Waals surface area (Å²) in [5, 5.41) is 3.36. The lowest BCUT2D eigenvalue weighted by molar-refractivity contribution is 0.179. The van der Waals surface area contributed by atoms with Crippen LogP contribution in [0.3, 0.4) is 0 Å². The molecule has 0 amide bonds. The fourth-order valence-electron chi connectivity index (χ4n) is 2.33. The first-order chi connectivity index (χ1) is 6.41. The fourth-order valence-corrected chi connectivity index (χ4v) is 2.33. The summed E-state index contributed by atoms with van der Waals surface area (Å²) in [6.07, 6.45) is 1.36. The van der Waals surface area contributed by atoms with Crippen molar-refractivity contribution in [3.63, 3.8) is 0 Å². The first-order valence-electron chi connectivity index (χ1n) is 4.94. The van der Waals surface area contributed by atoms with Crippen molar-refractivity contribution < 1.29 is 0 Å². The Kier molecular flexibility index (Phi) is 1.41. The van der Waals surface area contributed by atoms with Crippen LogP contribution in [0.4, 0.5) is 5.69 Å². The van der Waals surface area contributed by atoms with E-state index < -0.39 is 0 Å². The molecule has 1 aromatic carbocycles. The number of benzene rings is 1. The summed E-state index contributed by atoms with van der Waals surface area (Å²) in [7, 11) is 0. The molecule has 2 fully saturated rings. The molecular weight excluding hydrogens is 160 g/mol. The molecule has 2 heteroatoms. The molecule has 2 saturated heterocycles. The number of anilines is 1. The van der Waals surface area contributed by atoms with E-state index in [-0.39, 0.29) is 0 Å². The van der Waals surface area contributed by atoms with Crippen LogP contribution in [0.2, 0.25) is 0 Å². The van der Waals surface area contributed by atoms with Crippen LogP contribution in [0.15, 0.2) is 30.3 Å². The third-order valence-corrected chi connectivity index (χ3v) is 3.35. The second kappa shape index (κ2) is 2.48. The highest BCUT2D eigenvalue weighted by molar-refractivity contribution is 5.53. The van der Waals surface area contributed by atoms with E-state index in [4.69, 9.17) is 0 Å². The van der Waals surface area contributed by atoms with Crippen molar-refractivity contribution in [3.8, 4) is 0 Å². The van der Waals surface area contributed by atoms with Crippen molar-refractivity contribution in [1.82, 2.24) is 5.32 Å². The predicted octanol–water partition coefficient (Wildman–Crippen LogP) is 1.24. The zero-order valence-electron chi connectivity index (χ0n) is 7.66. The van der Waals surface area contributed by atoms with E-state index in [9.17, 15) is 0 Å². The van der Waals surface area contributed by atoms with E-state index in [1.165, 1.54) is 31.7 Å². The van der Waals surface area contributed by atoms with Crippen LogP contribution < -0.4 is 10.2 Å². The first-order valence-corrected chi connectivity index (χ1v) is 4.94. The zero-order valence-corrected chi connectivity index (χ0v) is 7.66. The van der Waals surface area contributed by atoms with Gasteiger partial charge in [-0.05, 0) is 18.6 Å². The van der Waals surface area contributed by atoms with Crippen LogP contribution in [-0.2, 0) is 0 Å². The maximum absolute atomic E-state index is 3.36. The largest absolute Gasteiger partial charge is 0.363 e. The minimum Gasteiger partial charge on any atom is -0.363 e. The van der Waals surface area contributed by atoms with Gasteiger partial charge in [-0.2, -0.15) is 0 Å². The molecule has 0 aromatic heterocycles. The molecule has 0 saturated carbocycles. The Balaban J connectivity index is 1.87. The molecule has 1 spiro atoms. The summed E-state index contributed by atoms with van der Waals surface area (Å²) in [5.41, 5.74) is 1.87. The van der Waals surface area contributed by atoms with Crippen LogP contribution in [0.25, 0.3) is 0 Å². The summed E-state index contributed by atoms with van der Waals surface area (Å²) >= 11 is 0. The van der Waals surface area contributed by atoms with Gasteiger partial charge in [0.2, 0.25) is 0 Å². The monoisotopic (exact) mass is 174 g/mol. The topological polar surface area (TPSA) is 15.3 Å². The summed E-state index contributed by atoms with van der Waals surface area (Å²) in [6, 6.07) is 10.7. The van der Waals surface area contributed by atoms with E-state index in [1.807, 2.05) is 0 Å². The average Bonchev–Trinajstić information content (AvgIpc) is 2.01. The molecule has 68 valence electrons. The Bertz CT molecular complexity index is 298. The summed E-state index contributed by atoms with van der Waals surface area (Å²) in [4.78, 5) is 2.53. The van der Waals surface area contributed by atoms with Gasteiger partial charge in [0.15, 0.2) is 0 Å².